The highest BCUT2D eigenvalue weighted by Crippen LogP contribution is 2.32. The van der Waals surface area contributed by atoms with Gasteiger partial charge in [0, 0.05) is 57.9 Å². The molecule has 0 aliphatic carbocycles. The zero-order chi connectivity index (χ0) is 18.4. The molecule has 0 saturated carbocycles. The normalized spacial score (nSPS) is 25.3. The fourth-order valence-corrected chi connectivity index (χ4v) is 4.42. The average molecular weight is 365 g/mol. The molecule has 3 aliphatic heterocycles. The van der Waals surface area contributed by atoms with Gasteiger partial charge in [-0.15, -0.1) is 0 Å². The summed E-state index contributed by atoms with van der Waals surface area (Å²) in [4.78, 5) is 21.9. The van der Waals surface area contributed by atoms with E-state index in [1.54, 1.807) is 0 Å². The molecular weight excluding hydrogens is 328 g/mol. The molecule has 0 unspecified atom stereocenters. The van der Waals surface area contributed by atoms with Crippen LogP contribution < -0.4 is 0 Å². The standard InChI is InChI=1S/C20H36N4O2/c1-3-4-5-6-9-22-13-12-21(2)20(18-22)7-10-23(11-8-20)19(25)24-14-16-26-17-15-24/h5-6H,3-4,7-18H2,1-2H3/b6-5+. The third-order valence-electron chi connectivity index (χ3n) is 6.31. The first kappa shape index (κ1) is 19.6. The molecule has 0 atom stereocenters. The highest BCUT2D eigenvalue weighted by Gasteiger charge is 2.43. The van der Waals surface area contributed by atoms with Crippen molar-refractivity contribution >= 4 is 6.03 Å². The number of piperazine rings is 1. The summed E-state index contributed by atoms with van der Waals surface area (Å²) in [5.41, 5.74) is 0.235. The summed E-state index contributed by atoms with van der Waals surface area (Å²) in [6.07, 6.45) is 9.20. The molecule has 3 heterocycles. The summed E-state index contributed by atoms with van der Waals surface area (Å²) in [5, 5.41) is 0. The minimum atomic E-state index is 0.209. The first-order valence-corrected chi connectivity index (χ1v) is 10.3. The number of rotatable bonds is 4. The van der Waals surface area contributed by atoms with Crippen molar-refractivity contribution in [2.24, 2.45) is 0 Å². The van der Waals surface area contributed by atoms with Gasteiger partial charge < -0.3 is 14.5 Å². The molecule has 0 aromatic rings. The SMILES string of the molecule is CCC/C=C/CN1CCN(C)C2(CCN(C(=O)N3CCOCC3)CC2)C1. The molecule has 3 saturated heterocycles. The van der Waals surface area contributed by atoms with Crippen molar-refractivity contribution in [2.45, 2.75) is 38.1 Å². The van der Waals surface area contributed by atoms with Crippen molar-refractivity contribution in [1.82, 2.24) is 19.6 Å². The largest absolute Gasteiger partial charge is 0.378 e. The number of ether oxygens (including phenoxy) is 1. The van der Waals surface area contributed by atoms with Gasteiger partial charge in [0.25, 0.3) is 0 Å². The van der Waals surface area contributed by atoms with Crippen molar-refractivity contribution in [1.29, 1.82) is 0 Å². The van der Waals surface area contributed by atoms with Gasteiger partial charge in [0.15, 0.2) is 0 Å². The molecular formula is C20H36N4O2. The van der Waals surface area contributed by atoms with E-state index in [4.69, 9.17) is 4.74 Å². The molecule has 6 nitrogen and oxygen atoms in total. The van der Waals surface area contributed by atoms with Gasteiger partial charge >= 0.3 is 6.03 Å². The Bertz CT molecular complexity index is 482. The summed E-state index contributed by atoms with van der Waals surface area (Å²) in [7, 11) is 2.27. The minimum absolute atomic E-state index is 0.209. The van der Waals surface area contributed by atoms with Crippen molar-refractivity contribution in [3.63, 3.8) is 0 Å². The monoisotopic (exact) mass is 364 g/mol. The van der Waals surface area contributed by atoms with Crippen LogP contribution in [0.5, 0.6) is 0 Å². The average Bonchev–Trinajstić information content (AvgIpc) is 2.69. The number of nitrogens with zero attached hydrogens (tertiary/aromatic N) is 4. The predicted molar refractivity (Wildman–Crippen MR) is 104 cm³/mol. The van der Waals surface area contributed by atoms with Crippen LogP contribution >= 0.6 is 0 Å². The minimum Gasteiger partial charge on any atom is -0.378 e. The first-order valence-electron chi connectivity index (χ1n) is 10.3. The van der Waals surface area contributed by atoms with Gasteiger partial charge in [0.2, 0.25) is 0 Å². The number of likely N-dealkylation sites (N-methyl/N-ethyl adjacent to an activating group) is 1. The van der Waals surface area contributed by atoms with E-state index in [-0.39, 0.29) is 11.6 Å². The van der Waals surface area contributed by atoms with Crippen LogP contribution in [0.4, 0.5) is 4.79 Å². The molecule has 0 radical (unpaired) electrons. The van der Waals surface area contributed by atoms with Crippen LogP contribution in [0.25, 0.3) is 0 Å². The number of carbonyl (C=O) groups excluding carboxylic acids is 1. The molecule has 0 aromatic heterocycles. The van der Waals surface area contributed by atoms with Gasteiger partial charge in [0.05, 0.1) is 13.2 Å². The third kappa shape index (κ3) is 4.59. The second-order valence-corrected chi connectivity index (χ2v) is 8.01. The number of likely N-dealkylation sites (tertiary alicyclic amines) is 1. The van der Waals surface area contributed by atoms with Gasteiger partial charge in [-0.2, -0.15) is 0 Å². The first-order chi connectivity index (χ1) is 12.6. The van der Waals surface area contributed by atoms with E-state index in [0.29, 0.717) is 13.2 Å². The zero-order valence-corrected chi connectivity index (χ0v) is 16.7. The molecule has 3 aliphatic rings. The Labute approximate surface area is 158 Å². The molecule has 0 bridgehead atoms. The number of allylic oxidation sites excluding steroid dienone is 1. The summed E-state index contributed by atoms with van der Waals surface area (Å²) < 4.78 is 5.37. The number of carbonyl (C=O) groups is 1. The van der Waals surface area contributed by atoms with Crippen molar-refractivity contribution in [3.05, 3.63) is 12.2 Å². The van der Waals surface area contributed by atoms with Crippen molar-refractivity contribution in [3.8, 4) is 0 Å². The number of morpholine rings is 1. The second kappa shape index (κ2) is 9.20. The smallest absolute Gasteiger partial charge is 0.320 e. The van der Waals surface area contributed by atoms with E-state index in [0.717, 1.165) is 65.2 Å². The summed E-state index contributed by atoms with van der Waals surface area (Å²) in [5.74, 6) is 0. The Kier molecular flexibility index (Phi) is 6.95. The Morgan fingerprint density at radius 1 is 1.00 bits per heavy atom. The van der Waals surface area contributed by atoms with E-state index in [1.807, 2.05) is 4.90 Å². The van der Waals surface area contributed by atoms with Crippen LogP contribution in [0, 0.1) is 0 Å². The molecule has 3 rings (SSSR count). The van der Waals surface area contributed by atoms with Gasteiger partial charge in [-0.1, -0.05) is 25.5 Å². The number of urea groups is 1. The molecule has 6 heteroatoms. The van der Waals surface area contributed by atoms with E-state index in [1.165, 1.54) is 12.8 Å². The fraction of sp³-hybridized carbons (Fsp3) is 0.850. The number of amides is 2. The molecule has 3 fully saturated rings. The maximum Gasteiger partial charge on any atom is 0.320 e. The van der Waals surface area contributed by atoms with Gasteiger partial charge in [-0.25, -0.2) is 4.79 Å². The summed E-state index contributed by atoms with van der Waals surface area (Å²) >= 11 is 0. The molecule has 26 heavy (non-hydrogen) atoms. The predicted octanol–water partition coefficient (Wildman–Crippen LogP) is 1.88. The summed E-state index contributed by atoms with van der Waals surface area (Å²) in [6, 6.07) is 0.209. The Morgan fingerprint density at radius 2 is 1.69 bits per heavy atom. The zero-order valence-electron chi connectivity index (χ0n) is 16.7. The van der Waals surface area contributed by atoms with E-state index in [9.17, 15) is 4.79 Å². The second-order valence-electron chi connectivity index (χ2n) is 8.01. The Morgan fingerprint density at radius 3 is 2.38 bits per heavy atom. The van der Waals surface area contributed by atoms with Crippen LogP contribution in [0.1, 0.15) is 32.6 Å². The number of unbranched alkanes of at least 4 members (excludes halogenated alkanes) is 1. The van der Waals surface area contributed by atoms with Crippen LogP contribution in [-0.4, -0.2) is 104 Å². The highest BCUT2D eigenvalue weighted by atomic mass is 16.5. The topological polar surface area (TPSA) is 39.3 Å². The molecule has 0 aromatic carbocycles. The lowest BCUT2D eigenvalue weighted by molar-refractivity contribution is -0.0221. The van der Waals surface area contributed by atoms with Crippen molar-refractivity contribution < 1.29 is 9.53 Å². The quantitative estimate of drug-likeness (QED) is 0.714. The van der Waals surface area contributed by atoms with Crippen LogP contribution in [0.3, 0.4) is 0 Å². The molecule has 0 N–H and O–H groups in total. The van der Waals surface area contributed by atoms with Gasteiger partial charge in [-0.3, -0.25) is 9.80 Å². The van der Waals surface area contributed by atoms with Crippen molar-refractivity contribution in [2.75, 3.05) is 72.6 Å². The van der Waals surface area contributed by atoms with Gasteiger partial charge in [-0.05, 0) is 26.3 Å². The number of hydrogen-bond donors (Lipinski definition) is 0. The molecule has 1 spiro atoms. The Hall–Kier alpha value is -1.11. The maximum atomic E-state index is 12.7. The fourth-order valence-electron chi connectivity index (χ4n) is 4.42. The Balaban J connectivity index is 1.52. The molecule has 148 valence electrons. The summed E-state index contributed by atoms with van der Waals surface area (Å²) in [6.45, 7) is 11.2. The number of piperidine rings is 1. The van der Waals surface area contributed by atoms with Gasteiger partial charge in [0.1, 0.15) is 0 Å². The van der Waals surface area contributed by atoms with Crippen LogP contribution in [-0.2, 0) is 4.74 Å². The lowest BCUT2D eigenvalue weighted by atomic mass is 9.83. The van der Waals surface area contributed by atoms with E-state index < -0.39 is 0 Å². The number of hydrogen-bond acceptors (Lipinski definition) is 4. The van der Waals surface area contributed by atoms with E-state index in [2.05, 4.69) is 40.8 Å². The lowest BCUT2D eigenvalue weighted by Gasteiger charge is -2.53. The van der Waals surface area contributed by atoms with Crippen LogP contribution in [0.2, 0.25) is 0 Å². The van der Waals surface area contributed by atoms with E-state index >= 15 is 0 Å². The third-order valence-corrected chi connectivity index (χ3v) is 6.31. The molecule has 2 amide bonds. The van der Waals surface area contributed by atoms with Crippen LogP contribution in [0.15, 0.2) is 12.2 Å². The lowest BCUT2D eigenvalue weighted by Crippen LogP contribution is -2.65. The maximum absolute atomic E-state index is 12.7. The highest BCUT2D eigenvalue weighted by molar-refractivity contribution is 5.74.